The Morgan fingerprint density at radius 3 is 2.33 bits per heavy atom. The molecule has 36 heavy (non-hydrogen) atoms. The van der Waals surface area contributed by atoms with Crippen LogP contribution in [0.15, 0.2) is 48.5 Å². The van der Waals surface area contributed by atoms with Crippen molar-refractivity contribution in [2.24, 2.45) is 0 Å². The van der Waals surface area contributed by atoms with Crippen LogP contribution in [0.5, 0.6) is 5.75 Å². The molecule has 0 fully saturated rings. The summed E-state index contributed by atoms with van der Waals surface area (Å²) in [6.45, 7) is 3.25. The first kappa shape index (κ1) is 25.7. The zero-order valence-electron chi connectivity index (χ0n) is 19.2. The molecule has 1 unspecified atom stereocenters. The van der Waals surface area contributed by atoms with Crippen LogP contribution in [0.4, 0.5) is 5.00 Å². The first-order chi connectivity index (χ1) is 17.2. The highest BCUT2D eigenvalue weighted by Crippen LogP contribution is 2.33. The Hall–Kier alpha value is -3.40. The van der Waals surface area contributed by atoms with Gasteiger partial charge in [-0.3, -0.25) is 19.3 Å². The second-order valence-corrected chi connectivity index (χ2v) is 9.72. The second-order valence-electron chi connectivity index (χ2n) is 7.74. The Bertz CT molecular complexity index is 1340. The summed E-state index contributed by atoms with van der Waals surface area (Å²) >= 11 is 13.1. The van der Waals surface area contributed by atoms with Gasteiger partial charge in [-0.1, -0.05) is 35.3 Å². The van der Waals surface area contributed by atoms with Crippen molar-refractivity contribution < 1.29 is 28.7 Å². The number of rotatable bonds is 8. The van der Waals surface area contributed by atoms with E-state index in [9.17, 15) is 19.2 Å². The summed E-state index contributed by atoms with van der Waals surface area (Å²) in [4.78, 5) is 52.5. The maximum Gasteiger partial charge on any atom is 0.341 e. The largest absolute Gasteiger partial charge is 0.479 e. The fourth-order valence-corrected chi connectivity index (χ4v) is 5.03. The van der Waals surface area contributed by atoms with Crippen molar-refractivity contribution in [2.75, 3.05) is 11.9 Å². The number of halogens is 2. The molecule has 1 aromatic heterocycles. The van der Waals surface area contributed by atoms with Crippen molar-refractivity contribution in [1.29, 1.82) is 0 Å². The van der Waals surface area contributed by atoms with Crippen LogP contribution in [0.2, 0.25) is 10.0 Å². The lowest BCUT2D eigenvalue weighted by atomic mass is 10.1. The number of esters is 1. The lowest BCUT2D eigenvalue weighted by Gasteiger charge is -2.15. The summed E-state index contributed by atoms with van der Waals surface area (Å²) < 4.78 is 10.8. The number of nitrogens with one attached hydrogen (secondary N) is 1. The van der Waals surface area contributed by atoms with Crippen LogP contribution in [-0.2, 0) is 16.1 Å². The van der Waals surface area contributed by atoms with Crippen molar-refractivity contribution in [3.8, 4) is 5.75 Å². The van der Waals surface area contributed by atoms with E-state index in [1.807, 2.05) is 0 Å². The number of thiophene rings is 1. The zero-order chi connectivity index (χ0) is 26.0. The molecule has 3 aromatic rings. The number of fused-ring (bicyclic) bond motifs is 1. The van der Waals surface area contributed by atoms with E-state index in [-0.39, 0.29) is 34.5 Å². The molecule has 0 aliphatic carbocycles. The molecule has 1 N–H and O–H groups in total. The first-order valence-electron chi connectivity index (χ1n) is 10.9. The van der Waals surface area contributed by atoms with E-state index in [0.717, 1.165) is 16.2 Å². The third-order valence-electron chi connectivity index (χ3n) is 5.27. The number of hydrogen-bond acceptors (Lipinski definition) is 7. The second kappa shape index (κ2) is 10.7. The van der Waals surface area contributed by atoms with Crippen LogP contribution in [-0.4, -0.2) is 41.3 Å². The van der Waals surface area contributed by atoms with Gasteiger partial charge < -0.3 is 14.8 Å². The number of nitrogens with zero attached hydrogens (tertiary/aromatic N) is 1. The van der Waals surface area contributed by atoms with Crippen LogP contribution in [0.1, 0.15) is 49.8 Å². The average molecular weight is 547 g/mol. The minimum atomic E-state index is -0.972. The van der Waals surface area contributed by atoms with Gasteiger partial charge in [0.2, 0.25) is 0 Å². The van der Waals surface area contributed by atoms with E-state index in [2.05, 4.69) is 5.32 Å². The molecule has 0 saturated carbocycles. The van der Waals surface area contributed by atoms with Gasteiger partial charge in [-0.05, 0) is 50.2 Å². The van der Waals surface area contributed by atoms with Crippen LogP contribution >= 0.6 is 34.5 Å². The molecule has 2 aromatic carbocycles. The third kappa shape index (κ3) is 5.23. The Morgan fingerprint density at radius 2 is 1.72 bits per heavy atom. The molecule has 0 saturated heterocycles. The van der Waals surface area contributed by atoms with Gasteiger partial charge in [0, 0.05) is 9.90 Å². The maximum atomic E-state index is 12.9. The number of anilines is 1. The number of hydrogen-bond donors (Lipinski definition) is 1. The lowest BCUT2D eigenvalue weighted by Crippen LogP contribution is -2.30. The highest BCUT2D eigenvalue weighted by atomic mass is 35.5. The van der Waals surface area contributed by atoms with Crippen LogP contribution in [0.25, 0.3) is 0 Å². The number of imide groups is 1. The number of ether oxygens (including phenoxy) is 2. The van der Waals surface area contributed by atoms with E-state index in [1.165, 1.54) is 19.1 Å². The SMILES string of the molecule is CCOC(=O)c1cc(CN2C(=O)c3ccccc3C2=O)sc1NC(=O)C(C)Oc1ccc(Cl)cc1Cl. The van der Waals surface area contributed by atoms with Gasteiger partial charge >= 0.3 is 5.97 Å². The molecule has 4 rings (SSSR count). The fraction of sp³-hybridized carbons (Fsp3) is 0.200. The Labute approximate surface area is 220 Å². The van der Waals surface area contributed by atoms with E-state index >= 15 is 0 Å². The van der Waals surface area contributed by atoms with Crippen molar-refractivity contribution in [3.05, 3.63) is 80.1 Å². The summed E-state index contributed by atoms with van der Waals surface area (Å²) in [6.07, 6.45) is -0.972. The standard InChI is InChI=1S/C25H20Cl2N2O6S/c1-3-34-25(33)18-11-15(12-29-23(31)16-6-4-5-7-17(16)24(29)32)36-22(18)28-21(30)13(2)35-20-9-8-14(26)10-19(20)27/h4-11,13H,3,12H2,1-2H3,(H,28,30). The van der Waals surface area contributed by atoms with Crippen LogP contribution in [0.3, 0.4) is 0 Å². The predicted octanol–water partition coefficient (Wildman–Crippen LogP) is 5.43. The van der Waals surface area contributed by atoms with Gasteiger partial charge in [0.25, 0.3) is 17.7 Å². The molecular weight excluding hydrogens is 527 g/mol. The van der Waals surface area contributed by atoms with Crippen molar-refractivity contribution in [2.45, 2.75) is 26.5 Å². The minimum absolute atomic E-state index is 0.0638. The van der Waals surface area contributed by atoms with Gasteiger partial charge in [-0.25, -0.2) is 4.79 Å². The van der Waals surface area contributed by atoms with E-state index in [1.54, 1.807) is 43.3 Å². The minimum Gasteiger partial charge on any atom is -0.479 e. The first-order valence-corrected chi connectivity index (χ1v) is 12.4. The van der Waals surface area contributed by atoms with Gasteiger partial charge in [0.05, 0.1) is 34.9 Å². The topological polar surface area (TPSA) is 102 Å². The molecule has 2 heterocycles. The monoisotopic (exact) mass is 546 g/mol. The van der Waals surface area contributed by atoms with Gasteiger partial charge in [-0.2, -0.15) is 0 Å². The van der Waals surface area contributed by atoms with Crippen LogP contribution < -0.4 is 10.1 Å². The highest BCUT2D eigenvalue weighted by molar-refractivity contribution is 7.16. The molecule has 8 nitrogen and oxygen atoms in total. The van der Waals surface area contributed by atoms with Gasteiger partial charge in [0.15, 0.2) is 6.10 Å². The van der Waals surface area contributed by atoms with E-state index < -0.39 is 29.8 Å². The summed E-state index contributed by atoms with van der Waals surface area (Å²) in [6, 6.07) is 12.7. The molecule has 0 spiro atoms. The number of benzene rings is 2. The normalized spacial score (nSPS) is 13.4. The number of carbonyl (C=O) groups is 4. The predicted molar refractivity (Wildman–Crippen MR) is 136 cm³/mol. The number of amides is 3. The van der Waals surface area contributed by atoms with E-state index in [4.69, 9.17) is 32.7 Å². The van der Waals surface area contributed by atoms with E-state index in [0.29, 0.717) is 21.0 Å². The van der Waals surface area contributed by atoms with Crippen molar-refractivity contribution in [3.63, 3.8) is 0 Å². The molecule has 0 bridgehead atoms. The highest BCUT2D eigenvalue weighted by Gasteiger charge is 2.36. The quantitative estimate of drug-likeness (QED) is 0.298. The lowest BCUT2D eigenvalue weighted by molar-refractivity contribution is -0.122. The van der Waals surface area contributed by atoms with Crippen LogP contribution in [0, 0.1) is 0 Å². The molecule has 1 atom stereocenters. The van der Waals surface area contributed by atoms with Gasteiger partial charge in [0.1, 0.15) is 10.8 Å². The molecule has 1 aliphatic heterocycles. The zero-order valence-corrected chi connectivity index (χ0v) is 21.5. The summed E-state index contributed by atoms with van der Waals surface area (Å²) in [5.41, 5.74) is 0.758. The van der Waals surface area contributed by atoms with Gasteiger partial charge in [-0.15, -0.1) is 11.3 Å². The average Bonchev–Trinajstić information content (AvgIpc) is 3.35. The fourth-order valence-electron chi connectivity index (χ4n) is 3.54. The third-order valence-corrected chi connectivity index (χ3v) is 6.84. The van der Waals surface area contributed by atoms with Crippen molar-refractivity contribution in [1.82, 2.24) is 4.90 Å². The molecule has 11 heteroatoms. The summed E-state index contributed by atoms with van der Waals surface area (Å²) in [7, 11) is 0. The molecule has 1 aliphatic rings. The smallest absolute Gasteiger partial charge is 0.341 e. The Kier molecular flexibility index (Phi) is 7.63. The Balaban J connectivity index is 1.54. The summed E-state index contributed by atoms with van der Waals surface area (Å²) in [5.74, 6) is -1.76. The van der Waals surface area contributed by atoms with Crippen molar-refractivity contribution >= 4 is 63.2 Å². The number of carbonyl (C=O) groups excluding carboxylic acids is 4. The summed E-state index contributed by atoms with van der Waals surface area (Å²) in [5, 5.41) is 3.56. The molecular formula is C25H20Cl2N2O6S. The Morgan fingerprint density at radius 1 is 1.06 bits per heavy atom. The molecule has 3 amide bonds. The molecule has 186 valence electrons. The molecule has 0 radical (unpaired) electrons. The maximum absolute atomic E-state index is 12.9.